The molecule has 2 amide bonds. The van der Waals surface area contributed by atoms with E-state index in [-0.39, 0.29) is 11.8 Å². The minimum absolute atomic E-state index is 0.228. The standard InChI is InChI=1S/C19H21BrN2O4/c1-4-9-21-19(24)13-7-5-6-8-14(13)22-18(23)12-10-15(25-2)17(20)16(11-12)26-3/h5-8,10-11H,4,9H2,1-3H3,(H,21,24)(H,22,23). The van der Waals surface area contributed by atoms with E-state index in [0.29, 0.717) is 39.3 Å². The molecule has 2 aromatic rings. The first-order valence-corrected chi connectivity index (χ1v) is 8.91. The maximum Gasteiger partial charge on any atom is 0.255 e. The first kappa shape index (κ1) is 19.8. The number of carbonyl (C=O) groups excluding carboxylic acids is 2. The number of rotatable bonds is 7. The number of amides is 2. The predicted molar refractivity (Wildman–Crippen MR) is 104 cm³/mol. The summed E-state index contributed by atoms with van der Waals surface area (Å²) in [4.78, 5) is 25.0. The van der Waals surface area contributed by atoms with Gasteiger partial charge < -0.3 is 20.1 Å². The molecule has 0 saturated heterocycles. The lowest BCUT2D eigenvalue weighted by Crippen LogP contribution is -2.25. The molecule has 0 fully saturated rings. The van der Waals surface area contributed by atoms with Crippen molar-refractivity contribution < 1.29 is 19.1 Å². The average molecular weight is 421 g/mol. The normalized spacial score (nSPS) is 10.2. The van der Waals surface area contributed by atoms with Gasteiger partial charge in [-0.05, 0) is 46.6 Å². The lowest BCUT2D eigenvalue weighted by molar-refractivity contribution is 0.0954. The molecule has 0 aromatic heterocycles. The van der Waals surface area contributed by atoms with Gasteiger partial charge >= 0.3 is 0 Å². The first-order valence-electron chi connectivity index (χ1n) is 8.11. The largest absolute Gasteiger partial charge is 0.495 e. The molecule has 0 unspecified atom stereocenters. The molecule has 138 valence electrons. The van der Waals surface area contributed by atoms with Gasteiger partial charge in [0.2, 0.25) is 0 Å². The third kappa shape index (κ3) is 4.54. The van der Waals surface area contributed by atoms with Gasteiger partial charge in [-0.25, -0.2) is 0 Å². The number of halogens is 1. The van der Waals surface area contributed by atoms with Crippen LogP contribution in [0.1, 0.15) is 34.1 Å². The van der Waals surface area contributed by atoms with Crippen molar-refractivity contribution in [2.45, 2.75) is 13.3 Å². The van der Waals surface area contributed by atoms with Crippen molar-refractivity contribution in [1.82, 2.24) is 5.32 Å². The number of hydrogen-bond donors (Lipinski definition) is 2. The molecule has 0 atom stereocenters. The van der Waals surface area contributed by atoms with E-state index >= 15 is 0 Å². The van der Waals surface area contributed by atoms with Gasteiger partial charge in [-0.3, -0.25) is 9.59 Å². The Morgan fingerprint density at radius 1 is 1.04 bits per heavy atom. The van der Waals surface area contributed by atoms with E-state index in [1.807, 2.05) is 6.92 Å². The maximum absolute atomic E-state index is 12.7. The van der Waals surface area contributed by atoms with E-state index in [0.717, 1.165) is 6.42 Å². The summed E-state index contributed by atoms with van der Waals surface area (Å²) in [6, 6.07) is 10.1. The fourth-order valence-corrected chi connectivity index (χ4v) is 2.87. The SMILES string of the molecule is CCCNC(=O)c1ccccc1NC(=O)c1cc(OC)c(Br)c(OC)c1. The molecule has 0 aliphatic heterocycles. The zero-order valence-electron chi connectivity index (χ0n) is 14.9. The number of carbonyl (C=O) groups is 2. The van der Waals surface area contributed by atoms with Gasteiger partial charge in [0.05, 0.1) is 25.5 Å². The number of para-hydroxylation sites is 1. The third-order valence-corrected chi connectivity index (χ3v) is 4.44. The summed E-state index contributed by atoms with van der Waals surface area (Å²) in [5, 5.41) is 5.59. The van der Waals surface area contributed by atoms with Crippen LogP contribution in [0.4, 0.5) is 5.69 Å². The second kappa shape index (κ2) is 9.24. The fraction of sp³-hybridized carbons (Fsp3) is 0.263. The fourth-order valence-electron chi connectivity index (χ4n) is 2.32. The monoisotopic (exact) mass is 420 g/mol. The van der Waals surface area contributed by atoms with E-state index in [1.54, 1.807) is 36.4 Å². The molecule has 0 heterocycles. The summed E-state index contributed by atoms with van der Waals surface area (Å²) in [6.07, 6.45) is 0.832. The Morgan fingerprint density at radius 3 is 2.23 bits per heavy atom. The summed E-state index contributed by atoms with van der Waals surface area (Å²) in [5.41, 5.74) is 1.20. The Labute approximate surface area is 161 Å². The summed E-state index contributed by atoms with van der Waals surface area (Å²) >= 11 is 3.37. The number of benzene rings is 2. The van der Waals surface area contributed by atoms with Gasteiger partial charge in [0.1, 0.15) is 16.0 Å². The van der Waals surface area contributed by atoms with Crippen LogP contribution in [-0.2, 0) is 0 Å². The third-order valence-electron chi connectivity index (χ3n) is 3.66. The second-order valence-electron chi connectivity index (χ2n) is 5.45. The van der Waals surface area contributed by atoms with Crippen LogP contribution in [-0.4, -0.2) is 32.6 Å². The number of ether oxygens (including phenoxy) is 2. The highest BCUT2D eigenvalue weighted by atomic mass is 79.9. The summed E-state index contributed by atoms with van der Waals surface area (Å²) in [6.45, 7) is 2.55. The minimum atomic E-state index is -0.371. The zero-order valence-corrected chi connectivity index (χ0v) is 16.5. The summed E-state index contributed by atoms with van der Waals surface area (Å²) in [7, 11) is 3.02. The molecular weight excluding hydrogens is 400 g/mol. The van der Waals surface area contributed by atoms with Crippen LogP contribution in [0.5, 0.6) is 11.5 Å². The lowest BCUT2D eigenvalue weighted by Gasteiger charge is -2.13. The van der Waals surface area contributed by atoms with E-state index < -0.39 is 0 Å². The van der Waals surface area contributed by atoms with Crippen LogP contribution in [0.25, 0.3) is 0 Å². The van der Waals surface area contributed by atoms with Gasteiger partial charge in [0.15, 0.2) is 0 Å². The molecule has 0 aliphatic rings. The number of methoxy groups -OCH3 is 2. The topological polar surface area (TPSA) is 76.7 Å². The van der Waals surface area contributed by atoms with Crippen LogP contribution in [0, 0.1) is 0 Å². The highest BCUT2D eigenvalue weighted by molar-refractivity contribution is 9.10. The van der Waals surface area contributed by atoms with Gasteiger partial charge in [-0.1, -0.05) is 19.1 Å². The summed E-state index contributed by atoms with van der Waals surface area (Å²) < 4.78 is 11.2. The van der Waals surface area contributed by atoms with E-state index in [4.69, 9.17) is 9.47 Å². The molecule has 0 aliphatic carbocycles. The molecule has 2 N–H and O–H groups in total. The molecule has 0 spiro atoms. The quantitative estimate of drug-likeness (QED) is 0.712. The van der Waals surface area contributed by atoms with Crippen LogP contribution >= 0.6 is 15.9 Å². The van der Waals surface area contributed by atoms with Crippen LogP contribution in [0.15, 0.2) is 40.9 Å². The maximum atomic E-state index is 12.7. The second-order valence-corrected chi connectivity index (χ2v) is 6.24. The number of nitrogens with one attached hydrogen (secondary N) is 2. The van der Waals surface area contributed by atoms with Gasteiger partial charge in [0.25, 0.3) is 11.8 Å². The van der Waals surface area contributed by atoms with Crippen molar-refractivity contribution >= 4 is 33.4 Å². The van der Waals surface area contributed by atoms with Crippen molar-refractivity contribution in [2.24, 2.45) is 0 Å². The Morgan fingerprint density at radius 2 is 1.65 bits per heavy atom. The van der Waals surface area contributed by atoms with Crippen LogP contribution in [0.2, 0.25) is 0 Å². The van der Waals surface area contributed by atoms with E-state index in [9.17, 15) is 9.59 Å². The van der Waals surface area contributed by atoms with Gasteiger partial charge in [-0.2, -0.15) is 0 Å². The number of hydrogen-bond acceptors (Lipinski definition) is 4. The van der Waals surface area contributed by atoms with Gasteiger partial charge in [0, 0.05) is 12.1 Å². The molecule has 2 rings (SSSR count). The Hall–Kier alpha value is -2.54. The molecule has 26 heavy (non-hydrogen) atoms. The summed E-state index contributed by atoms with van der Waals surface area (Å²) in [5.74, 6) is 0.352. The molecule has 0 radical (unpaired) electrons. The Kier molecular flexibility index (Phi) is 7.03. The van der Waals surface area contributed by atoms with Gasteiger partial charge in [-0.15, -0.1) is 0 Å². The molecule has 7 heteroatoms. The molecule has 6 nitrogen and oxygen atoms in total. The zero-order chi connectivity index (χ0) is 19.1. The average Bonchev–Trinajstić information content (AvgIpc) is 2.66. The lowest BCUT2D eigenvalue weighted by atomic mass is 10.1. The van der Waals surface area contributed by atoms with Crippen molar-refractivity contribution in [1.29, 1.82) is 0 Å². The van der Waals surface area contributed by atoms with Crippen molar-refractivity contribution in [3.05, 3.63) is 52.0 Å². The Balaban J connectivity index is 2.30. The Bertz CT molecular complexity index is 783. The highest BCUT2D eigenvalue weighted by Crippen LogP contribution is 2.35. The minimum Gasteiger partial charge on any atom is -0.495 e. The van der Waals surface area contributed by atoms with Crippen molar-refractivity contribution in [2.75, 3.05) is 26.1 Å². The van der Waals surface area contributed by atoms with Crippen LogP contribution in [0.3, 0.4) is 0 Å². The smallest absolute Gasteiger partial charge is 0.255 e. The first-order chi connectivity index (χ1) is 12.5. The number of anilines is 1. The highest BCUT2D eigenvalue weighted by Gasteiger charge is 2.17. The molecule has 2 aromatic carbocycles. The molecule has 0 bridgehead atoms. The molecule has 0 saturated carbocycles. The van der Waals surface area contributed by atoms with E-state index in [2.05, 4.69) is 26.6 Å². The van der Waals surface area contributed by atoms with Crippen molar-refractivity contribution in [3.8, 4) is 11.5 Å². The van der Waals surface area contributed by atoms with Crippen molar-refractivity contribution in [3.63, 3.8) is 0 Å². The molecular formula is C19H21BrN2O4. The van der Waals surface area contributed by atoms with Crippen LogP contribution < -0.4 is 20.1 Å². The van der Waals surface area contributed by atoms with E-state index in [1.165, 1.54) is 14.2 Å². The predicted octanol–water partition coefficient (Wildman–Crippen LogP) is 3.86.